The minimum absolute atomic E-state index is 0.883. The van der Waals surface area contributed by atoms with Crippen LogP contribution >= 0.6 is 0 Å². The van der Waals surface area contributed by atoms with E-state index in [4.69, 9.17) is 0 Å². The van der Waals surface area contributed by atoms with Gasteiger partial charge in [0.2, 0.25) is 0 Å². The molecule has 53 valence electrons. The van der Waals surface area contributed by atoms with E-state index in [2.05, 4.69) is 30.4 Å². The third-order valence-electron chi connectivity index (χ3n) is 1.21. The molecular weight excluding hydrogens is 124 g/mol. The van der Waals surface area contributed by atoms with Crippen molar-refractivity contribution in [3.63, 3.8) is 0 Å². The van der Waals surface area contributed by atoms with Gasteiger partial charge in [-0.25, -0.2) is 4.98 Å². The topological polar surface area (TPSA) is 17.8 Å². The molecule has 0 saturated heterocycles. The van der Waals surface area contributed by atoms with Crippen LogP contribution in [0.25, 0.3) is 0 Å². The number of imidazole rings is 1. The number of nitrogens with zero attached hydrogens (tertiary/aromatic N) is 2. The highest BCUT2D eigenvalue weighted by Gasteiger charge is 1.82. The van der Waals surface area contributed by atoms with Crippen molar-refractivity contribution in [2.45, 2.75) is 19.9 Å². The first-order valence-electron chi connectivity index (χ1n) is 3.47. The summed E-state index contributed by atoms with van der Waals surface area (Å²) >= 11 is 0. The van der Waals surface area contributed by atoms with Crippen molar-refractivity contribution in [1.82, 2.24) is 9.55 Å². The highest BCUT2D eigenvalue weighted by molar-refractivity contribution is 4.83. The Labute approximate surface area is 61.2 Å². The van der Waals surface area contributed by atoms with Crippen molar-refractivity contribution < 1.29 is 0 Å². The summed E-state index contributed by atoms with van der Waals surface area (Å²) in [5.41, 5.74) is 0. The molecule has 0 bridgehead atoms. The van der Waals surface area contributed by atoms with Gasteiger partial charge in [-0.2, -0.15) is 0 Å². The lowest BCUT2D eigenvalue weighted by Crippen LogP contribution is -1.89. The van der Waals surface area contributed by atoms with Crippen LogP contribution in [0.4, 0.5) is 0 Å². The van der Waals surface area contributed by atoms with E-state index >= 15 is 0 Å². The molecule has 1 aromatic heterocycles. The molecule has 0 fully saturated rings. The fraction of sp³-hybridized carbons (Fsp3) is 0.375. The van der Waals surface area contributed by atoms with Crippen molar-refractivity contribution in [2.24, 2.45) is 0 Å². The van der Waals surface area contributed by atoms with Gasteiger partial charge in [0.1, 0.15) is 0 Å². The molecule has 0 unspecified atom stereocenters. The number of hydrogen-bond donors (Lipinski definition) is 0. The fourth-order valence-electron chi connectivity index (χ4n) is 0.711. The minimum Gasteiger partial charge on any atom is -0.325 e. The van der Waals surface area contributed by atoms with E-state index in [1.165, 1.54) is 0 Å². The van der Waals surface area contributed by atoms with Gasteiger partial charge in [-0.3, -0.25) is 0 Å². The molecule has 1 rings (SSSR count). The van der Waals surface area contributed by atoms with Crippen LogP contribution in [-0.2, 0) is 6.54 Å². The number of rotatable bonds is 3. The SMILES string of the molecule is CCC=CCn1[c]ncc1. The van der Waals surface area contributed by atoms with Gasteiger partial charge in [-0.15, -0.1) is 0 Å². The van der Waals surface area contributed by atoms with Crippen molar-refractivity contribution >= 4 is 0 Å². The van der Waals surface area contributed by atoms with Crippen LogP contribution in [0.3, 0.4) is 0 Å². The Morgan fingerprint density at radius 1 is 1.60 bits per heavy atom. The highest BCUT2D eigenvalue weighted by Crippen LogP contribution is 1.87. The van der Waals surface area contributed by atoms with Crippen LogP contribution < -0.4 is 0 Å². The third kappa shape index (κ3) is 2.05. The number of allylic oxidation sites excluding steroid dienone is 2. The van der Waals surface area contributed by atoms with E-state index in [1.54, 1.807) is 6.20 Å². The second-order valence-corrected chi connectivity index (χ2v) is 2.06. The zero-order chi connectivity index (χ0) is 7.23. The smallest absolute Gasteiger partial charge is 0.176 e. The fourth-order valence-corrected chi connectivity index (χ4v) is 0.711. The van der Waals surface area contributed by atoms with Gasteiger partial charge in [0, 0.05) is 18.9 Å². The first kappa shape index (κ1) is 7.06. The normalized spacial score (nSPS) is 10.9. The lowest BCUT2D eigenvalue weighted by molar-refractivity contribution is 0.809. The van der Waals surface area contributed by atoms with Crippen LogP contribution in [0.2, 0.25) is 0 Å². The van der Waals surface area contributed by atoms with E-state index in [9.17, 15) is 0 Å². The monoisotopic (exact) mass is 135 g/mol. The summed E-state index contributed by atoms with van der Waals surface area (Å²) in [6.07, 6.45) is 11.8. The molecule has 0 aliphatic carbocycles. The maximum Gasteiger partial charge on any atom is 0.176 e. The summed E-state index contributed by atoms with van der Waals surface area (Å²) in [7, 11) is 0. The molecule has 1 heterocycles. The largest absolute Gasteiger partial charge is 0.325 e. The molecule has 0 saturated carbocycles. The summed E-state index contributed by atoms with van der Waals surface area (Å²) in [4.78, 5) is 3.80. The second kappa shape index (κ2) is 3.88. The first-order chi connectivity index (χ1) is 4.93. The molecular formula is C8H11N2. The Morgan fingerprint density at radius 3 is 3.10 bits per heavy atom. The molecule has 0 atom stereocenters. The molecule has 0 spiro atoms. The molecule has 10 heavy (non-hydrogen) atoms. The summed E-state index contributed by atoms with van der Waals surface area (Å²) < 4.78 is 1.91. The molecule has 1 aromatic rings. The summed E-state index contributed by atoms with van der Waals surface area (Å²) in [5, 5.41) is 0. The predicted molar refractivity (Wildman–Crippen MR) is 40.5 cm³/mol. The van der Waals surface area contributed by atoms with Crippen LogP contribution in [-0.4, -0.2) is 9.55 Å². The van der Waals surface area contributed by atoms with Crippen molar-refractivity contribution in [2.75, 3.05) is 0 Å². The van der Waals surface area contributed by atoms with Gasteiger partial charge in [-0.05, 0) is 6.42 Å². The van der Waals surface area contributed by atoms with Crippen LogP contribution in [0.5, 0.6) is 0 Å². The van der Waals surface area contributed by atoms with Crippen LogP contribution in [0, 0.1) is 6.33 Å². The molecule has 0 aliphatic rings. The van der Waals surface area contributed by atoms with Gasteiger partial charge in [0.15, 0.2) is 6.33 Å². The zero-order valence-electron chi connectivity index (χ0n) is 6.12. The lowest BCUT2D eigenvalue weighted by Gasteiger charge is -1.91. The van der Waals surface area contributed by atoms with Crippen molar-refractivity contribution in [3.8, 4) is 0 Å². The van der Waals surface area contributed by atoms with E-state index < -0.39 is 0 Å². The molecule has 1 radical (unpaired) electrons. The molecule has 2 heteroatoms. The average molecular weight is 135 g/mol. The van der Waals surface area contributed by atoms with Gasteiger partial charge in [0.05, 0.1) is 0 Å². The van der Waals surface area contributed by atoms with Gasteiger partial charge >= 0.3 is 0 Å². The summed E-state index contributed by atoms with van der Waals surface area (Å²) in [5.74, 6) is 0. The van der Waals surface area contributed by atoms with Gasteiger partial charge in [-0.1, -0.05) is 19.1 Å². The quantitative estimate of drug-likeness (QED) is 0.576. The van der Waals surface area contributed by atoms with E-state index in [0.29, 0.717) is 0 Å². The summed E-state index contributed by atoms with van der Waals surface area (Å²) in [6.45, 7) is 3.00. The Kier molecular flexibility index (Phi) is 2.74. The standard InChI is InChI=1S/C8H11N2/c1-2-3-4-6-10-7-5-9-8-10/h3-5,7H,2,6H2,1H3. The second-order valence-electron chi connectivity index (χ2n) is 2.06. The predicted octanol–water partition coefficient (Wildman–Crippen LogP) is 1.65. The third-order valence-corrected chi connectivity index (χ3v) is 1.21. The molecule has 0 aliphatic heterocycles. The number of hydrogen-bond acceptors (Lipinski definition) is 1. The van der Waals surface area contributed by atoms with Crippen LogP contribution in [0.15, 0.2) is 24.5 Å². The lowest BCUT2D eigenvalue weighted by atomic mass is 10.4. The molecule has 0 amide bonds. The molecule has 0 aromatic carbocycles. The highest BCUT2D eigenvalue weighted by atomic mass is 15.0. The maximum atomic E-state index is 3.80. The number of aromatic nitrogens is 2. The molecule has 2 nitrogen and oxygen atoms in total. The Bertz CT molecular complexity index is 187. The summed E-state index contributed by atoms with van der Waals surface area (Å²) in [6, 6.07) is 0. The zero-order valence-corrected chi connectivity index (χ0v) is 6.12. The van der Waals surface area contributed by atoms with Crippen molar-refractivity contribution in [3.05, 3.63) is 30.9 Å². The van der Waals surface area contributed by atoms with E-state index in [-0.39, 0.29) is 0 Å². The Hall–Kier alpha value is -1.05. The van der Waals surface area contributed by atoms with Crippen LogP contribution in [0.1, 0.15) is 13.3 Å². The molecule has 0 N–H and O–H groups in total. The Balaban J connectivity index is 2.34. The maximum absolute atomic E-state index is 3.80. The van der Waals surface area contributed by atoms with E-state index in [0.717, 1.165) is 13.0 Å². The van der Waals surface area contributed by atoms with Crippen molar-refractivity contribution in [1.29, 1.82) is 0 Å². The average Bonchev–Trinajstić information content (AvgIpc) is 2.41. The van der Waals surface area contributed by atoms with E-state index in [1.807, 2.05) is 10.8 Å². The van der Waals surface area contributed by atoms with Gasteiger partial charge < -0.3 is 4.57 Å². The Morgan fingerprint density at radius 2 is 2.50 bits per heavy atom. The minimum atomic E-state index is 0.883. The van der Waals surface area contributed by atoms with Gasteiger partial charge in [0.25, 0.3) is 0 Å². The first-order valence-corrected chi connectivity index (χ1v) is 3.47.